The molecule has 0 saturated carbocycles. The number of benzene rings is 8. The van der Waals surface area contributed by atoms with Crippen LogP contribution in [0.5, 0.6) is 0 Å². The summed E-state index contributed by atoms with van der Waals surface area (Å²) in [5.74, 6) is -1.86. The van der Waals surface area contributed by atoms with E-state index in [2.05, 4.69) is 96.6 Å². The topological polar surface area (TPSA) is 144 Å². The quantitative estimate of drug-likeness (QED) is 0.0323. The van der Waals surface area contributed by atoms with Gasteiger partial charge in [0.2, 0.25) is 9.84 Å². The summed E-state index contributed by atoms with van der Waals surface area (Å²) in [6, 6.07) is 67.2. The molecule has 0 saturated heterocycles. The maximum absolute atomic E-state index is 15.8. The standard InChI is InChI=1S/C29H24F2O4S.C20H18.C9H8F2O5S.Na/c1-22-17-19-26(20-18-22)29(24-13-7-3-8-14-24,25-15-9-4-10-16-25)36(33,34)28(30,31)21-35-27(32)23-11-5-2-6-12-23;1-16-12-14-19(15-13-16)20(17-8-4-2-5-9-17)18-10-6-3-7-11-18;10-9(11,17(13,14)15)6-16-8(12)7-4-2-1-3-5-7;/h2-20H,21H2,1H3;2-15,20H,1H3;1-5H,6H2,(H,13,14,15);/q;;;+1/p-1. The van der Waals surface area contributed by atoms with Crippen molar-refractivity contribution in [2.24, 2.45) is 0 Å². The van der Waals surface area contributed by atoms with E-state index in [0.29, 0.717) is 5.92 Å². The van der Waals surface area contributed by atoms with Crippen molar-refractivity contribution >= 4 is 31.9 Å². The summed E-state index contributed by atoms with van der Waals surface area (Å²) in [5.41, 5.74) is 6.62. The molecule has 0 unspecified atom stereocenters. The molecule has 0 aliphatic rings. The molecule has 0 aliphatic carbocycles. The molecule has 8 aromatic rings. The third-order valence-electron chi connectivity index (χ3n) is 11.4. The number of hydrogen-bond donors (Lipinski definition) is 0. The van der Waals surface area contributed by atoms with Crippen molar-refractivity contribution in [1.29, 1.82) is 0 Å². The van der Waals surface area contributed by atoms with E-state index in [1.165, 1.54) is 82.9 Å². The van der Waals surface area contributed by atoms with Crippen LogP contribution in [0, 0.1) is 13.8 Å². The van der Waals surface area contributed by atoms with Gasteiger partial charge in [-0.1, -0.05) is 217 Å². The summed E-state index contributed by atoms with van der Waals surface area (Å²) < 4.78 is 122. The molecule has 8 rings (SSSR count). The fourth-order valence-corrected chi connectivity index (χ4v) is 9.92. The minimum Gasteiger partial charge on any atom is -0.743 e. The van der Waals surface area contributed by atoms with E-state index in [4.69, 9.17) is 4.74 Å². The maximum atomic E-state index is 15.8. The molecule has 0 N–H and O–H groups in total. The Kier molecular flexibility index (Phi) is 20.4. The number of sulfone groups is 1. The van der Waals surface area contributed by atoms with Gasteiger partial charge >= 0.3 is 52.0 Å². The molecule has 0 aliphatic heterocycles. The average Bonchev–Trinajstić information content (AvgIpc) is 3.40. The van der Waals surface area contributed by atoms with E-state index in [9.17, 15) is 39.8 Å². The largest absolute Gasteiger partial charge is 1.00 e. The zero-order valence-electron chi connectivity index (χ0n) is 40.4. The first-order valence-corrected chi connectivity index (χ1v) is 25.4. The van der Waals surface area contributed by atoms with Crippen molar-refractivity contribution in [2.45, 2.75) is 35.0 Å². The molecule has 376 valence electrons. The number of carbonyl (C=O) groups is 2. The molecule has 9 nitrogen and oxygen atoms in total. The van der Waals surface area contributed by atoms with Crippen LogP contribution in [0.25, 0.3) is 0 Å². The molecule has 16 heteroatoms. The molecule has 74 heavy (non-hydrogen) atoms. The minimum absolute atomic E-state index is 0. The number of ether oxygens (including phenoxy) is 2. The number of halogens is 4. The molecule has 0 bridgehead atoms. The van der Waals surface area contributed by atoms with Crippen LogP contribution in [0.2, 0.25) is 0 Å². The Bertz CT molecular complexity index is 3170. The summed E-state index contributed by atoms with van der Waals surface area (Å²) in [5, 5.41) is -9.05. The molecule has 0 atom stereocenters. The number of hydrogen-bond acceptors (Lipinski definition) is 9. The van der Waals surface area contributed by atoms with Crippen LogP contribution in [0.4, 0.5) is 17.6 Å². The summed E-state index contributed by atoms with van der Waals surface area (Å²) >= 11 is 0. The Balaban J connectivity index is 0.000000225. The number of esters is 2. The Morgan fingerprint density at radius 1 is 0.432 bits per heavy atom. The molecule has 0 radical (unpaired) electrons. The molecule has 0 aromatic heterocycles. The first kappa shape index (κ1) is 58.2. The van der Waals surface area contributed by atoms with Crippen molar-refractivity contribution in [1.82, 2.24) is 0 Å². The minimum atomic E-state index is -5.84. The Morgan fingerprint density at radius 2 is 0.716 bits per heavy atom. The predicted octanol–water partition coefficient (Wildman–Crippen LogP) is 9.31. The van der Waals surface area contributed by atoms with E-state index in [1.807, 2.05) is 6.92 Å². The van der Waals surface area contributed by atoms with E-state index >= 15 is 8.78 Å². The van der Waals surface area contributed by atoms with Gasteiger partial charge in [-0.15, -0.1) is 0 Å². The first-order chi connectivity index (χ1) is 34.8. The van der Waals surface area contributed by atoms with Gasteiger partial charge in [-0.25, -0.2) is 26.4 Å². The van der Waals surface area contributed by atoms with Gasteiger partial charge in [0.1, 0.15) is 0 Å². The molecule has 0 heterocycles. The van der Waals surface area contributed by atoms with Crippen LogP contribution in [0.1, 0.15) is 71.1 Å². The summed E-state index contributed by atoms with van der Waals surface area (Å²) in [4.78, 5) is 23.5. The zero-order valence-corrected chi connectivity index (χ0v) is 44.1. The number of aryl methyl sites for hydroxylation is 2. The van der Waals surface area contributed by atoms with E-state index in [1.54, 1.807) is 84.9 Å². The second-order valence-electron chi connectivity index (χ2n) is 16.6. The average molecular weight is 1050 g/mol. The van der Waals surface area contributed by atoms with Crippen LogP contribution in [0.15, 0.2) is 231 Å². The van der Waals surface area contributed by atoms with Crippen molar-refractivity contribution in [3.63, 3.8) is 0 Å². The van der Waals surface area contributed by atoms with Crippen molar-refractivity contribution in [3.05, 3.63) is 286 Å². The van der Waals surface area contributed by atoms with Crippen molar-refractivity contribution in [2.75, 3.05) is 13.2 Å². The van der Waals surface area contributed by atoms with Gasteiger partial charge in [-0.05, 0) is 71.5 Å². The van der Waals surface area contributed by atoms with Gasteiger partial charge in [0, 0.05) is 5.92 Å². The van der Waals surface area contributed by atoms with Crippen molar-refractivity contribution in [3.8, 4) is 0 Å². The third kappa shape index (κ3) is 14.1. The van der Waals surface area contributed by atoms with Gasteiger partial charge in [0.15, 0.2) is 28.1 Å². The molecule has 0 spiro atoms. The third-order valence-corrected chi connectivity index (χ3v) is 14.7. The second-order valence-corrected chi connectivity index (χ2v) is 20.3. The molecular formula is C58H49F4NaO9S2. The van der Waals surface area contributed by atoms with Crippen LogP contribution in [-0.4, -0.2) is 57.0 Å². The summed E-state index contributed by atoms with van der Waals surface area (Å²) in [7, 11) is -11.3. The maximum Gasteiger partial charge on any atom is 1.00 e. The Hall–Kier alpha value is -6.72. The number of carbonyl (C=O) groups excluding carboxylic acids is 2. The molecule has 8 aromatic carbocycles. The monoisotopic (exact) mass is 1050 g/mol. The number of alkyl halides is 4. The predicted molar refractivity (Wildman–Crippen MR) is 271 cm³/mol. The second kappa shape index (κ2) is 26.0. The van der Waals surface area contributed by atoms with Crippen LogP contribution in [0.3, 0.4) is 0 Å². The fraction of sp³-hybridized carbons (Fsp3) is 0.138. The smallest absolute Gasteiger partial charge is 0.743 e. The normalized spacial score (nSPS) is 11.6. The SMILES string of the molecule is Cc1ccc(C(c2ccccc2)(c2ccccc2)S(=O)(=O)C(F)(F)COC(=O)c2ccccc2)cc1.Cc1ccc(C(c2ccccc2)c2ccccc2)cc1.O=C(OCC(F)(F)S(=O)(=O)[O-])c1ccccc1.[Na+]. The summed E-state index contributed by atoms with van der Waals surface area (Å²) in [6.45, 7) is 0.523. The van der Waals surface area contributed by atoms with Gasteiger partial charge < -0.3 is 14.0 Å². The van der Waals surface area contributed by atoms with Gasteiger partial charge in [0.25, 0.3) is 0 Å². The number of rotatable bonds is 15. The Morgan fingerprint density at radius 3 is 1.07 bits per heavy atom. The first-order valence-electron chi connectivity index (χ1n) is 22.5. The van der Waals surface area contributed by atoms with Crippen LogP contribution >= 0.6 is 0 Å². The molecule has 0 fully saturated rings. The molecule has 0 amide bonds. The summed E-state index contributed by atoms with van der Waals surface area (Å²) in [6.07, 6.45) is 0. The van der Waals surface area contributed by atoms with E-state index in [0.717, 1.165) is 5.56 Å². The van der Waals surface area contributed by atoms with Gasteiger partial charge in [0.05, 0.1) is 11.1 Å². The molecular weight excluding hydrogens is 1000 g/mol. The van der Waals surface area contributed by atoms with E-state index in [-0.39, 0.29) is 57.4 Å². The van der Waals surface area contributed by atoms with Crippen LogP contribution in [-0.2, 0) is 34.2 Å². The van der Waals surface area contributed by atoms with Crippen molar-refractivity contribution < 1.29 is 87.6 Å². The van der Waals surface area contributed by atoms with Crippen LogP contribution < -0.4 is 29.6 Å². The van der Waals surface area contributed by atoms with Gasteiger partial charge in [-0.2, -0.15) is 17.6 Å². The zero-order chi connectivity index (χ0) is 52.7. The van der Waals surface area contributed by atoms with Gasteiger partial charge in [-0.3, -0.25) is 0 Å². The van der Waals surface area contributed by atoms with E-state index < -0.39 is 60.4 Å². The Labute approximate surface area is 450 Å². The fourth-order valence-electron chi connectivity index (χ4n) is 7.71.